The van der Waals surface area contributed by atoms with Crippen LogP contribution in [-0.2, 0) is 13.1 Å². The van der Waals surface area contributed by atoms with E-state index < -0.39 is 0 Å². The summed E-state index contributed by atoms with van der Waals surface area (Å²) in [5.41, 5.74) is 9.17. The lowest BCUT2D eigenvalue weighted by Crippen LogP contribution is -2.29. The highest BCUT2D eigenvalue weighted by molar-refractivity contribution is 9.10. The van der Waals surface area contributed by atoms with Crippen molar-refractivity contribution in [3.05, 3.63) is 64.1 Å². The molecule has 2 aromatic carbocycles. The number of anilines is 1. The first-order chi connectivity index (χ1) is 9.54. The van der Waals surface area contributed by atoms with Crippen LogP contribution in [0.3, 0.4) is 0 Å². The summed E-state index contributed by atoms with van der Waals surface area (Å²) in [6.45, 7) is 6.34. The normalized spacial score (nSPS) is 11.2. The first kappa shape index (κ1) is 15.1. The summed E-state index contributed by atoms with van der Waals surface area (Å²) in [7, 11) is 0. The first-order valence-corrected chi connectivity index (χ1v) is 7.67. The van der Waals surface area contributed by atoms with Gasteiger partial charge in [-0.05, 0) is 49.2 Å². The molecule has 0 radical (unpaired) electrons. The van der Waals surface area contributed by atoms with E-state index in [1.807, 2.05) is 12.1 Å². The standard InChI is InChI=1S/C17H21BrN2/c1-13(2)20(11-14-6-8-17(19)9-7-14)12-15-4-3-5-16(18)10-15/h3-10,13H,11-12,19H2,1-2H3. The molecule has 2 N–H and O–H groups in total. The molecule has 20 heavy (non-hydrogen) atoms. The second-order valence-electron chi connectivity index (χ2n) is 5.37. The lowest BCUT2D eigenvalue weighted by atomic mass is 10.1. The van der Waals surface area contributed by atoms with Crippen LogP contribution in [0.4, 0.5) is 5.69 Å². The lowest BCUT2D eigenvalue weighted by Gasteiger charge is -2.26. The van der Waals surface area contributed by atoms with Gasteiger partial charge in [-0.2, -0.15) is 0 Å². The molecular formula is C17H21BrN2. The van der Waals surface area contributed by atoms with Gasteiger partial charge in [0.25, 0.3) is 0 Å². The zero-order valence-electron chi connectivity index (χ0n) is 12.0. The molecule has 0 aliphatic rings. The van der Waals surface area contributed by atoms with Crippen LogP contribution >= 0.6 is 15.9 Å². The second-order valence-corrected chi connectivity index (χ2v) is 6.29. The highest BCUT2D eigenvalue weighted by Gasteiger charge is 2.11. The smallest absolute Gasteiger partial charge is 0.0314 e. The summed E-state index contributed by atoms with van der Waals surface area (Å²) >= 11 is 3.53. The average molecular weight is 333 g/mol. The number of benzene rings is 2. The van der Waals surface area contributed by atoms with Crippen molar-refractivity contribution >= 4 is 21.6 Å². The fourth-order valence-electron chi connectivity index (χ4n) is 2.15. The molecule has 2 rings (SSSR count). The second kappa shape index (κ2) is 6.91. The van der Waals surface area contributed by atoms with Crippen LogP contribution in [0.1, 0.15) is 25.0 Å². The van der Waals surface area contributed by atoms with E-state index in [0.29, 0.717) is 6.04 Å². The minimum atomic E-state index is 0.492. The van der Waals surface area contributed by atoms with Gasteiger partial charge in [0.2, 0.25) is 0 Å². The van der Waals surface area contributed by atoms with E-state index in [0.717, 1.165) is 23.2 Å². The minimum Gasteiger partial charge on any atom is -0.399 e. The van der Waals surface area contributed by atoms with Crippen molar-refractivity contribution in [2.45, 2.75) is 33.0 Å². The molecule has 2 nitrogen and oxygen atoms in total. The molecule has 0 atom stereocenters. The van der Waals surface area contributed by atoms with Crippen LogP contribution in [-0.4, -0.2) is 10.9 Å². The monoisotopic (exact) mass is 332 g/mol. The summed E-state index contributed by atoms with van der Waals surface area (Å²) in [5, 5.41) is 0. The van der Waals surface area contributed by atoms with Gasteiger partial charge in [0.05, 0.1) is 0 Å². The molecule has 0 aliphatic carbocycles. The van der Waals surface area contributed by atoms with Gasteiger partial charge in [-0.25, -0.2) is 0 Å². The molecular weight excluding hydrogens is 312 g/mol. The van der Waals surface area contributed by atoms with Gasteiger partial charge in [0, 0.05) is 29.3 Å². The molecule has 0 saturated heterocycles. The van der Waals surface area contributed by atoms with E-state index in [-0.39, 0.29) is 0 Å². The SMILES string of the molecule is CC(C)N(Cc1ccc(N)cc1)Cc1cccc(Br)c1. The van der Waals surface area contributed by atoms with Crippen LogP contribution in [0.15, 0.2) is 53.0 Å². The number of hydrogen-bond acceptors (Lipinski definition) is 2. The predicted octanol–water partition coefficient (Wildman–Crippen LogP) is 4.44. The summed E-state index contributed by atoms with van der Waals surface area (Å²) in [4.78, 5) is 2.45. The molecule has 3 heteroatoms. The molecule has 0 aliphatic heterocycles. The lowest BCUT2D eigenvalue weighted by molar-refractivity contribution is 0.203. The Labute approximate surface area is 129 Å². The topological polar surface area (TPSA) is 29.3 Å². The Hall–Kier alpha value is -1.32. The van der Waals surface area contributed by atoms with E-state index in [1.165, 1.54) is 11.1 Å². The highest BCUT2D eigenvalue weighted by Crippen LogP contribution is 2.17. The summed E-state index contributed by atoms with van der Waals surface area (Å²) < 4.78 is 1.13. The third kappa shape index (κ3) is 4.36. The largest absolute Gasteiger partial charge is 0.399 e. The number of nitrogens with zero attached hydrogens (tertiary/aromatic N) is 1. The zero-order chi connectivity index (χ0) is 14.5. The van der Waals surface area contributed by atoms with Gasteiger partial charge >= 0.3 is 0 Å². The van der Waals surface area contributed by atoms with Crippen molar-refractivity contribution in [3.8, 4) is 0 Å². The summed E-state index contributed by atoms with van der Waals surface area (Å²) in [5.74, 6) is 0. The van der Waals surface area contributed by atoms with Crippen LogP contribution in [0, 0.1) is 0 Å². The van der Waals surface area contributed by atoms with Crippen LogP contribution in [0.25, 0.3) is 0 Å². The molecule has 0 bridgehead atoms. The number of halogens is 1. The molecule has 0 amide bonds. The molecule has 0 heterocycles. The maximum absolute atomic E-state index is 5.74. The molecule has 0 saturated carbocycles. The van der Waals surface area contributed by atoms with Crippen molar-refractivity contribution in [1.82, 2.24) is 4.90 Å². The van der Waals surface area contributed by atoms with Gasteiger partial charge < -0.3 is 5.73 Å². The summed E-state index contributed by atoms with van der Waals surface area (Å²) in [6, 6.07) is 17.1. The van der Waals surface area contributed by atoms with E-state index >= 15 is 0 Å². The van der Waals surface area contributed by atoms with Gasteiger partial charge in [-0.1, -0.05) is 40.2 Å². The molecule has 106 valence electrons. The van der Waals surface area contributed by atoms with Crippen LogP contribution < -0.4 is 5.73 Å². The van der Waals surface area contributed by atoms with Crippen LogP contribution in [0.2, 0.25) is 0 Å². The third-order valence-corrected chi connectivity index (χ3v) is 3.86. The van der Waals surface area contributed by atoms with Crippen molar-refractivity contribution in [2.75, 3.05) is 5.73 Å². The van der Waals surface area contributed by atoms with Gasteiger partial charge in [0.15, 0.2) is 0 Å². The molecule has 2 aromatic rings. The Kier molecular flexibility index (Phi) is 5.21. The molecule has 0 unspecified atom stereocenters. The fourth-order valence-corrected chi connectivity index (χ4v) is 2.60. The zero-order valence-corrected chi connectivity index (χ0v) is 13.6. The molecule has 0 aromatic heterocycles. The average Bonchev–Trinajstić information content (AvgIpc) is 2.40. The Bertz CT molecular complexity index is 549. The van der Waals surface area contributed by atoms with Gasteiger partial charge in [-0.3, -0.25) is 4.90 Å². The van der Waals surface area contributed by atoms with Crippen LogP contribution in [0.5, 0.6) is 0 Å². The van der Waals surface area contributed by atoms with Crippen molar-refractivity contribution in [3.63, 3.8) is 0 Å². The van der Waals surface area contributed by atoms with E-state index in [9.17, 15) is 0 Å². The number of nitrogen functional groups attached to an aromatic ring is 1. The van der Waals surface area contributed by atoms with Crippen molar-refractivity contribution < 1.29 is 0 Å². The Balaban J connectivity index is 2.09. The quantitative estimate of drug-likeness (QED) is 0.820. The number of rotatable bonds is 5. The molecule has 0 fully saturated rings. The number of nitrogens with two attached hydrogens (primary N) is 1. The predicted molar refractivity (Wildman–Crippen MR) is 89.4 cm³/mol. The Morgan fingerprint density at radius 2 is 1.65 bits per heavy atom. The van der Waals surface area contributed by atoms with E-state index in [4.69, 9.17) is 5.73 Å². The van der Waals surface area contributed by atoms with Gasteiger partial charge in [0.1, 0.15) is 0 Å². The Morgan fingerprint density at radius 1 is 1.00 bits per heavy atom. The maximum atomic E-state index is 5.74. The summed E-state index contributed by atoms with van der Waals surface area (Å²) in [6.07, 6.45) is 0. The highest BCUT2D eigenvalue weighted by atomic mass is 79.9. The third-order valence-electron chi connectivity index (χ3n) is 3.37. The minimum absolute atomic E-state index is 0.492. The number of hydrogen-bond donors (Lipinski definition) is 1. The fraction of sp³-hybridized carbons (Fsp3) is 0.294. The van der Waals surface area contributed by atoms with E-state index in [1.54, 1.807) is 0 Å². The Morgan fingerprint density at radius 3 is 2.25 bits per heavy atom. The molecule has 0 spiro atoms. The van der Waals surface area contributed by atoms with Crippen molar-refractivity contribution in [2.24, 2.45) is 0 Å². The van der Waals surface area contributed by atoms with E-state index in [2.05, 4.69) is 71.1 Å². The van der Waals surface area contributed by atoms with Gasteiger partial charge in [-0.15, -0.1) is 0 Å². The first-order valence-electron chi connectivity index (χ1n) is 6.87. The maximum Gasteiger partial charge on any atom is 0.0314 e. The van der Waals surface area contributed by atoms with Crippen molar-refractivity contribution in [1.29, 1.82) is 0 Å².